The van der Waals surface area contributed by atoms with E-state index in [4.69, 9.17) is 38.3 Å². The minimum atomic E-state index is -1.56. The zero-order chi connectivity index (χ0) is 26.0. The molecule has 0 aromatic carbocycles. The summed E-state index contributed by atoms with van der Waals surface area (Å²) in [5.74, 6) is -3.42. The van der Waals surface area contributed by atoms with Crippen LogP contribution < -0.4 is 0 Å². The summed E-state index contributed by atoms with van der Waals surface area (Å²) in [7, 11) is 0. The molecule has 12 heteroatoms. The smallest absolute Gasteiger partial charge is 0.372 e. The van der Waals surface area contributed by atoms with Gasteiger partial charge in [-0.05, 0) is 6.42 Å². The molecule has 0 aliphatic rings. The van der Waals surface area contributed by atoms with Gasteiger partial charge in [-0.25, -0.2) is 4.79 Å². The number of carboxylic acids is 1. The van der Waals surface area contributed by atoms with Crippen LogP contribution in [0, 0.1) is 0 Å². The predicted octanol–water partition coefficient (Wildman–Crippen LogP) is 1.17. The van der Waals surface area contributed by atoms with Crippen LogP contribution in [0.5, 0.6) is 0 Å². The van der Waals surface area contributed by atoms with Crippen molar-refractivity contribution < 1.29 is 57.4 Å². The van der Waals surface area contributed by atoms with Gasteiger partial charge in [0.05, 0.1) is 72.5 Å². The number of Topliss-reactive ketones (excluding diaryl/α,β-unsaturated/α-hetero) is 1. The Bertz CT molecular complexity index is 567. The summed E-state index contributed by atoms with van der Waals surface area (Å²) >= 11 is 0. The number of aliphatic carboxylic acids is 1. The highest BCUT2D eigenvalue weighted by Crippen LogP contribution is 2.00. The molecule has 0 rings (SSSR count). The molecule has 0 amide bonds. The zero-order valence-corrected chi connectivity index (χ0v) is 20.7. The van der Waals surface area contributed by atoms with Gasteiger partial charge >= 0.3 is 17.9 Å². The van der Waals surface area contributed by atoms with Crippen LogP contribution in [0.1, 0.15) is 45.4 Å². The predicted molar refractivity (Wildman–Crippen MR) is 122 cm³/mol. The highest BCUT2D eigenvalue weighted by molar-refractivity contribution is 6.32. The minimum absolute atomic E-state index is 0.0147. The van der Waals surface area contributed by atoms with Crippen molar-refractivity contribution in [2.75, 3.05) is 79.3 Å². The molecule has 0 saturated heterocycles. The molecule has 0 aliphatic heterocycles. The quantitative estimate of drug-likeness (QED) is 0.101. The average Bonchev–Trinajstić information content (AvgIpc) is 2.83. The van der Waals surface area contributed by atoms with Gasteiger partial charge < -0.3 is 38.3 Å². The molecule has 1 N–H and O–H groups in total. The van der Waals surface area contributed by atoms with E-state index in [0.717, 1.165) is 19.3 Å². The van der Waals surface area contributed by atoms with Crippen LogP contribution in [0.15, 0.2) is 0 Å². The van der Waals surface area contributed by atoms with Crippen LogP contribution in [0.4, 0.5) is 0 Å². The third kappa shape index (κ3) is 24.8. The van der Waals surface area contributed by atoms with Crippen molar-refractivity contribution in [3.63, 3.8) is 0 Å². The van der Waals surface area contributed by atoms with Gasteiger partial charge in [-0.1, -0.05) is 19.8 Å². The summed E-state index contributed by atoms with van der Waals surface area (Å²) in [6.07, 6.45) is 2.77. The molecule has 0 bridgehead atoms. The number of unbranched alkanes of at least 4 members (excludes halogenated alkanes) is 2. The average molecular weight is 509 g/mol. The fraction of sp³-hybridized carbons (Fsp3) is 0.826. The van der Waals surface area contributed by atoms with E-state index in [9.17, 15) is 19.2 Å². The molecule has 0 saturated carbocycles. The number of ether oxygens (including phenoxy) is 7. The normalized spacial score (nSPS) is 10.8. The van der Waals surface area contributed by atoms with Gasteiger partial charge in [-0.2, -0.15) is 0 Å². The minimum Gasteiger partial charge on any atom is -0.476 e. The summed E-state index contributed by atoms with van der Waals surface area (Å²) in [6, 6.07) is 0. The van der Waals surface area contributed by atoms with E-state index in [2.05, 4.69) is 6.92 Å². The van der Waals surface area contributed by atoms with Crippen LogP contribution in [0.3, 0.4) is 0 Å². The van der Waals surface area contributed by atoms with E-state index in [1.807, 2.05) is 0 Å². The van der Waals surface area contributed by atoms with Crippen molar-refractivity contribution in [3.05, 3.63) is 0 Å². The number of ketones is 1. The standard InChI is InChI=1S/C23H40O12/c1-2-3-4-5-21(25)34-18-16-32-14-12-30-10-8-29-9-11-31-13-15-33-17-19-35-22(26)7-6-20(24)23(27)28/h2-19H2,1H3,(H,27,28). The van der Waals surface area contributed by atoms with Gasteiger partial charge in [0.2, 0.25) is 5.78 Å². The third-order valence-electron chi connectivity index (χ3n) is 4.25. The number of hydrogen-bond acceptors (Lipinski definition) is 11. The van der Waals surface area contributed by atoms with Crippen LogP contribution >= 0.6 is 0 Å². The van der Waals surface area contributed by atoms with Crippen molar-refractivity contribution in [2.45, 2.75) is 45.4 Å². The van der Waals surface area contributed by atoms with Gasteiger partial charge in [0, 0.05) is 12.8 Å². The summed E-state index contributed by atoms with van der Waals surface area (Å²) in [5.41, 5.74) is 0. The van der Waals surface area contributed by atoms with E-state index < -0.39 is 17.7 Å². The first-order valence-electron chi connectivity index (χ1n) is 11.9. The molecule has 204 valence electrons. The lowest BCUT2D eigenvalue weighted by Gasteiger charge is -2.08. The number of hydrogen-bond donors (Lipinski definition) is 1. The molecule has 12 nitrogen and oxygen atoms in total. The lowest BCUT2D eigenvalue weighted by atomic mass is 10.2. The fourth-order valence-electron chi connectivity index (χ4n) is 2.40. The van der Waals surface area contributed by atoms with Crippen LogP contribution in [0.25, 0.3) is 0 Å². The first kappa shape index (κ1) is 32.9. The summed E-state index contributed by atoms with van der Waals surface area (Å²) in [6.45, 7) is 6.06. The maximum Gasteiger partial charge on any atom is 0.372 e. The molecule has 35 heavy (non-hydrogen) atoms. The molecular weight excluding hydrogens is 468 g/mol. The van der Waals surface area contributed by atoms with Gasteiger partial charge in [0.25, 0.3) is 0 Å². The molecule has 0 radical (unpaired) electrons. The fourth-order valence-corrected chi connectivity index (χ4v) is 2.40. The van der Waals surface area contributed by atoms with Crippen molar-refractivity contribution >= 4 is 23.7 Å². The van der Waals surface area contributed by atoms with Crippen LogP contribution in [-0.4, -0.2) is 108 Å². The van der Waals surface area contributed by atoms with Gasteiger partial charge in [-0.15, -0.1) is 0 Å². The molecule has 0 aromatic heterocycles. The Morgan fingerprint density at radius 3 is 1.26 bits per heavy atom. The van der Waals surface area contributed by atoms with E-state index >= 15 is 0 Å². The van der Waals surface area contributed by atoms with E-state index in [1.54, 1.807) is 0 Å². The first-order valence-corrected chi connectivity index (χ1v) is 11.9. The largest absolute Gasteiger partial charge is 0.476 e. The molecule has 0 fully saturated rings. The Labute approximate surface area is 206 Å². The Kier molecular flexibility index (Phi) is 23.5. The number of rotatable bonds is 26. The number of carbonyl (C=O) groups is 4. The van der Waals surface area contributed by atoms with E-state index in [-0.39, 0.29) is 38.6 Å². The van der Waals surface area contributed by atoms with Crippen molar-refractivity contribution in [1.29, 1.82) is 0 Å². The number of carbonyl (C=O) groups excluding carboxylic acids is 3. The molecule has 0 atom stereocenters. The highest BCUT2D eigenvalue weighted by Gasteiger charge is 2.14. The lowest BCUT2D eigenvalue weighted by molar-refractivity contribution is -0.151. The van der Waals surface area contributed by atoms with Gasteiger partial charge in [0.1, 0.15) is 13.2 Å². The maximum absolute atomic E-state index is 11.4. The monoisotopic (exact) mass is 508 g/mol. The zero-order valence-electron chi connectivity index (χ0n) is 20.7. The van der Waals surface area contributed by atoms with Gasteiger partial charge in [-0.3, -0.25) is 14.4 Å². The van der Waals surface area contributed by atoms with Crippen molar-refractivity contribution in [1.82, 2.24) is 0 Å². The Morgan fingerprint density at radius 1 is 0.514 bits per heavy atom. The maximum atomic E-state index is 11.4. The second-order valence-electron chi connectivity index (χ2n) is 7.19. The molecular formula is C23H40O12. The first-order chi connectivity index (χ1) is 17.0. The third-order valence-corrected chi connectivity index (χ3v) is 4.25. The highest BCUT2D eigenvalue weighted by atomic mass is 16.6. The molecule has 0 aliphatic carbocycles. The Hall–Kier alpha value is -2.12. The summed E-state index contributed by atoms with van der Waals surface area (Å²) < 4.78 is 36.5. The molecule has 0 unspecified atom stereocenters. The van der Waals surface area contributed by atoms with E-state index in [1.165, 1.54) is 0 Å². The topological polar surface area (TPSA) is 153 Å². The molecule has 0 spiro atoms. The van der Waals surface area contributed by atoms with Crippen molar-refractivity contribution in [3.8, 4) is 0 Å². The van der Waals surface area contributed by atoms with Crippen LogP contribution in [0.2, 0.25) is 0 Å². The Balaban J connectivity index is 3.21. The SMILES string of the molecule is CCCCCC(=O)OCCOCCOCCOCCOCCOCCOC(=O)CCC(=O)C(=O)O. The van der Waals surface area contributed by atoms with Gasteiger partial charge in [0.15, 0.2) is 0 Å². The number of carboxylic acid groups (broad SMARTS) is 1. The second kappa shape index (κ2) is 25.0. The van der Waals surface area contributed by atoms with Crippen LogP contribution in [-0.2, 0) is 52.3 Å². The number of esters is 2. The summed E-state index contributed by atoms with van der Waals surface area (Å²) in [5, 5.41) is 8.41. The Morgan fingerprint density at radius 2 is 0.886 bits per heavy atom. The lowest BCUT2D eigenvalue weighted by Crippen LogP contribution is -2.17. The molecule has 0 aromatic rings. The van der Waals surface area contributed by atoms with E-state index in [0.29, 0.717) is 65.9 Å². The van der Waals surface area contributed by atoms with Crippen molar-refractivity contribution in [2.24, 2.45) is 0 Å². The molecule has 0 heterocycles. The summed E-state index contributed by atoms with van der Waals surface area (Å²) in [4.78, 5) is 43.9. The second-order valence-corrected chi connectivity index (χ2v) is 7.19.